The Kier molecular flexibility index (Phi) is 5.39. The van der Waals surface area contributed by atoms with E-state index in [4.69, 9.17) is 4.74 Å². The lowest BCUT2D eigenvalue weighted by atomic mass is 10.0. The van der Waals surface area contributed by atoms with Gasteiger partial charge in [0.05, 0.1) is 4.47 Å². The molecule has 1 aromatic heterocycles. The molecular formula is C15H19BrN2O4. The molecule has 1 aromatic rings. The van der Waals surface area contributed by atoms with Crippen molar-refractivity contribution in [3.63, 3.8) is 0 Å². The summed E-state index contributed by atoms with van der Waals surface area (Å²) >= 11 is 3.12. The summed E-state index contributed by atoms with van der Waals surface area (Å²) in [6, 6.07) is 0. The number of carbonyl (C=O) groups excluding carboxylic acids is 2. The largest absolute Gasteiger partial charge is 0.452 e. The average molecular weight is 371 g/mol. The van der Waals surface area contributed by atoms with Crippen LogP contribution in [-0.4, -0.2) is 41.5 Å². The quantitative estimate of drug-likeness (QED) is 0.823. The number of piperidine rings is 1. The highest BCUT2D eigenvalue weighted by atomic mass is 79.9. The van der Waals surface area contributed by atoms with Crippen LogP contribution in [0.1, 0.15) is 35.8 Å². The van der Waals surface area contributed by atoms with Crippen LogP contribution in [0, 0.1) is 12.8 Å². The summed E-state index contributed by atoms with van der Waals surface area (Å²) in [7, 11) is 0. The van der Waals surface area contributed by atoms with Gasteiger partial charge in [0, 0.05) is 25.0 Å². The van der Waals surface area contributed by atoms with Crippen molar-refractivity contribution in [3.05, 3.63) is 32.2 Å². The second-order valence-electron chi connectivity index (χ2n) is 5.63. The number of aromatic amines is 1. The lowest BCUT2D eigenvalue weighted by Crippen LogP contribution is -2.41. The topological polar surface area (TPSA) is 79.5 Å². The highest BCUT2D eigenvalue weighted by molar-refractivity contribution is 9.10. The molecule has 7 heteroatoms. The number of amides is 1. The SMILES string of the molecule is Cc1[nH]cc(C(=O)OCC(=O)N2CCCC(C)C2)c(=O)c1Br. The maximum Gasteiger partial charge on any atom is 0.344 e. The number of aryl methyl sites for hydroxylation is 1. The molecule has 1 aliphatic rings. The molecule has 6 nitrogen and oxygen atoms in total. The van der Waals surface area contributed by atoms with Gasteiger partial charge in [0.1, 0.15) is 5.56 Å². The monoisotopic (exact) mass is 370 g/mol. The number of pyridine rings is 1. The molecule has 120 valence electrons. The molecule has 0 aliphatic carbocycles. The molecule has 0 bridgehead atoms. The van der Waals surface area contributed by atoms with Crippen LogP contribution in [-0.2, 0) is 9.53 Å². The van der Waals surface area contributed by atoms with E-state index in [1.54, 1.807) is 11.8 Å². The molecule has 1 amide bonds. The first-order valence-electron chi connectivity index (χ1n) is 7.22. The summed E-state index contributed by atoms with van der Waals surface area (Å²) in [5.74, 6) is -0.549. The number of carbonyl (C=O) groups is 2. The van der Waals surface area contributed by atoms with E-state index >= 15 is 0 Å². The van der Waals surface area contributed by atoms with Gasteiger partial charge in [-0.15, -0.1) is 0 Å². The van der Waals surface area contributed by atoms with E-state index in [1.807, 2.05) is 0 Å². The summed E-state index contributed by atoms with van der Waals surface area (Å²) in [4.78, 5) is 40.5. The maximum absolute atomic E-state index is 12.0. The summed E-state index contributed by atoms with van der Waals surface area (Å²) in [6.45, 7) is 4.84. The van der Waals surface area contributed by atoms with E-state index in [1.165, 1.54) is 6.20 Å². The first kappa shape index (κ1) is 16.7. The zero-order chi connectivity index (χ0) is 16.3. The van der Waals surface area contributed by atoms with Crippen LogP contribution in [0.15, 0.2) is 15.5 Å². The molecule has 0 spiro atoms. The predicted octanol–water partition coefficient (Wildman–Crippen LogP) is 1.86. The third-order valence-electron chi connectivity index (χ3n) is 3.76. The van der Waals surface area contributed by atoms with Gasteiger partial charge in [0.25, 0.3) is 5.91 Å². The number of halogens is 1. The van der Waals surface area contributed by atoms with E-state index in [2.05, 4.69) is 27.8 Å². The Morgan fingerprint density at radius 3 is 2.91 bits per heavy atom. The van der Waals surface area contributed by atoms with Crippen molar-refractivity contribution in [3.8, 4) is 0 Å². The van der Waals surface area contributed by atoms with E-state index in [-0.39, 0.29) is 22.6 Å². The van der Waals surface area contributed by atoms with E-state index in [0.29, 0.717) is 24.7 Å². The minimum atomic E-state index is -0.791. The van der Waals surface area contributed by atoms with Gasteiger partial charge in [0.2, 0.25) is 5.43 Å². The second kappa shape index (κ2) is 7.09. The standard InChI is InChI=1S/C15H19BrN2O4/c1-9-4-3-5-18(7-9)12(19)8-22-15(21)11-6-17-10(2)13(16)14(11)20/h6,9H,3-5,7-8H2,1-2H3,(H,17,20). The Morgan fingerprint density at radius 1 is 1.50 bits per heavy atom. The number of nitrogens with zero attached hydrogens (tertiary/aromatic N) is 1. The smallest absolute Gasteiger partial charge is 0.344 e. The summed E-state index contributed by atoms with van der Waals surface area (Å²) in [5.41, 5.74) is 0.0671. The fourth-order valence-electron chi connectivity index (χ4n) is 2.46. The Labute approximate surface area is 137 Å². The zero-order valence-electron chi connectivity index (χ0n) is 12.6. The Balaban J connectivity index is 1.97. The highest BCUT2D eigenvalue weighted by Crippen LogP contribution is 2.15. The third-order valence-corrected chi connectivity index (χ3v) is 4.72. The fraction of sp³-hybridized carbons (Fsp3) is 0.533. The number of H-pyrrole nitrogens is 1. The fourth-order valence-corrected chi connectivity index (χ4v) is 2.79. The van der Waals surface area contributed by atoms with Gasteiger partial charge >= 0.3 is 5.97 Å². The molecule has 1 saturated heterocycles. The van der Waals surface area contributed by atoms with Crippen molar-refractivity contribution < 1.29 is 14.3 Å². The summed E-state index contributed by atoms with van der Waals surface area (Å²) < 4.78 is 5.27. The number of likely N-dealkylation sites (tertiary alicyclic amines) is 1. The number of esters is 1. The molecular weight excluding hydrogens is 352 g/mol. The zero-order valence-corrected chi connectivity index (χ0v) is 14.2. The molecule has 2 rings (SSSR count). The Bertz CT molecular complexity index is 641. The number of aromatic nitrogens is 1. The second-order valence-corrected chi connectivity index (χ2v) is 6.43. The molecule has 22 heavy (non-hydrogen) atoms. The molecule has 0 aromatic carbocycles. The minimum absolute atomic E-state index is 0.114. The highest BCUT2D eigenvalue weighted by Gasteiger charge is 2.23. The average Bonchev–Trinajstić information content (AvgIpc) is 2.50. The van der Waals surface area contributed by atoms with Crippen molar-refractivity contribution in [2.75, 3.05) is 19.7 Å². The number of ether oxygens (including phenoxy) is 1. The van der Waals surface area contributed by atoms with Crippen LogP contribution < -0.4 is 5.43 Å². The molecule has 1 fully saturated rings. The minimum Gasteiger partial charge on any atom is -0.452 e. The van der Waals surface area contributed by atoms with E-state index in [9.17, 15) is 14.4 Å². The Morgan fingerprint density at radius 2 is 2.23 bits per heavy atom. The van der Waals surface area contributed by atoms with Crippen LogP contribution in [0.4, 0.5) is 0 Å². The van der Waals surface area contributed by atoms with Crippen molar-refractivity contribution >= 4 is 27.8 Å². The Hall–Kier alpha value is -1.63. The normalized spacial score (nSPS) is 18.1. The van der Waals surface area contributed by atoms with Gasteiger partial charge in [-0.3, -0.25) is 9.59 Å². The molecule has 1 unspecified atom stereocenters. The van der Waals surface area contributed by atoms with E-state index < -0.39 is 11.4 Å². The van der Waals surface area contributed by atoms with Gasteiger partial charge in [0.15, 0.2) is 6.61 Å². The van der Waals surface area contributed by atoms with Crippen molar-refractivity contribution in [1.82, 2.24) is 9.88 Å². The third kappa shape index (κ3) is 3.76. The van der Waals surface area contributed by atoms with Crippen LogP contribution in [0.3, 0.4) is 0 Å². The number of rotatable bonds is 3. The predicted molar refractivity (Wildman–Crippen MR) is 84.8 cm³/mol. The molecule has 1 atom stereocenters. The number of hydrogen-bond acceptors (Lipinski definition) is 4. The molecule has 1 aliphatic heterocycles. The first-order valence-corrected chi connectivity index (χ1v) is 8.02. The summed E-state index contributed by atoms with van der Waals surface area (Å²) in [5, 5.41) is 0. The number of hydrogen-bond donors (Lipinski definition) is 1. The van der Waals surface area contributed by atoms with Crippen molar-refractivity contribution in [1.29, 1.82) is 0 Å². The van der Waals surface area contributed by atoms with Crippen molar-refractivity contribution in [2.45, 2.75) is 26.7 Å². The van der Waals surface area contributed by atoms with Gasteiger partial charge in [-0.25, -0.2) is 4.79 Å². The van der Waals surface area contributed by atoms with Crippen LogP contribution in [0.25, 0.3) is 0 Å². The van der Waals surface area contributed by atoms with Gasteiger partial charge in [-0.2, -0.15) is 0 Å². The number of nitrogens with one attached hydrogen (secondary N) is 1. The van der Waals surface area contributed by atoms with Gasteiger partial charge in [-0.05, 0) is 41.6 Å². The first-order chi connectivity index (χ1) is 10.4. The van der Waals surface area contributed by atoms with E-state index in [0.717, 1.165) is 12.8 Å². The van der Waals surface area contributed by atoms with Gasteiger partial charge < -0.3 is 14.6 Å². The maximum atomic E-state index is 12.0. The van der Waals surface area contributed by atoms with Crippen LogP contribution >= 0.6 is 15.9 Å². The summed E-state index contributed by atoms with van der Waals surface area (Å²) in [6.07, 6.45) is 3.37. The van der Waals surface area contributed by atoms with Gasteiger partial charge in [-0.1, -0.05) is 6.92 Å². The molecule has 0 radical (unpaired) electrons. The lowest BCUT2D eigenvalue weighted by Gasteiger charge is -2.30. The van der Waals surface area contributed by atoms with Crippen LogP contribution in [0.2, 0.25) is 0 Å². The van der Waals surface area contributed by atoms with Crippen molar-refractivity contribution in [2.24, 2.45) is 5.92 Å². The lowest BCUT2D eigenvalue weighted by molar-refractivity contribution is -0.136. The molecule has 1 N–H and O–H groups in total. The molecule has 2 heterocycles. The van der Waals surface area contributed by atoms with Crippen LogP contribution in [0.5, 0.6) is 0 Å². The molecule has 0 saturated carbocycles.